The van der Waals surface area contributed by atoms with Gasteiger partial charge in [-0.1, -0.05) is 254 Å². The predicted molar refractivity (Wildman–Crippen MR) is 315 cm³/mol. The molecule has 0 aliphatic heterocycles. The van der Waals surface area contributed by atoms with Gasteiger partial charge in [-0.15, -0.1) is 22.7 Å². The molecule has 0 spiro atoms. The maximum atomic E-state index is 5.28. The van der Waals surface area contributed by atoms with Gasteiger partial charge in [0, 0.05) is 11.4 Å². The van der Waals surface area contributed by atoms with Crippen LogP contribution in [0.25, 0.3) is 10.6 Å². The smallest absolute Gasteiger partial charge is 1.00 e. The van der Waals surface area contributed by atoms with Crippen LogP contribution in [0.3, 0.4) is 0 Å². The molecule has 0 N–H and O–H groups in total. The van der Waals surface area contributed by atoms with Crippen LogP contribution in [0.1, 0.15) is 228 Å². The minimum absolute atomic E-state index is 0. The summed E-state index contributed by atoms with van der Waals surface area (Å²) in [5.74, 6) is 3.29. The van der Waals surface area contributed by atoms with Gasteiger partial charge in [-0.3, -0.25) is 9.98 Å². The number of hydrogen-bond donors (Lipinski definition) is 0. The van der Waals surface area contributed by atoms with Crippen LogP contribution < -0.4 is 0 Å². The first-order valence-electron chi connectivity index (χ1n) is 25.6. The van der Waals surface area contributed by atoms with Gasteiger partial charge in [0.15, 0.2) is 0 Å². The largest absolute Gasteiger partial charge is 2.00 e. The molecule has 72 heavy (non-hydrogen) atoms. The average Bonchev–Trinajstić information content (AvgIpc) is 3.32. The summed E-state index contributed by atoms with van der Waals surface area (Å²) in [5.41, 5.74) is 21.0. The van der Waals surface area contributed by atoms with Gasteiger partial charge in [0.2, 0.25) is 0 Å². The molecule has 8 heteroatoms. The molecule has 0 saturated heterocycles. The molecule has 0 aliphatic rings. The van der Waals surface area contributed by atoms with E-state index in [0.717, 1.165) is 56.7 Å². The van der Waals surface area contributed by atoms with Gasteiger partial charge < -0.3 is 34.0 Å². The SMILES string of the molecule is CC(=Nc1c(C(C)C)cccc1C(C)C)c1ccccc1[N-]c1c(C(C)C)cccc1C(C)C.CC(=Nc1c(C(C)C)cccc1C(C)C)c1ccccc1[N-]c1c(C(C)C)cccc1C(C)C.[Cu+2].[Cu+2].[S-][S-]. The van der Waals surface area contributed by atoms with Gasteiger partial charge in [0.25, 0.3) is 0 Å². The Balaban J connectivity index is 0.000000465. The Hall–Kier alpha value is -4.00. The molecular weight excluding hydrogens is 1020 g/mol. The zero-order chi connectivity index (χ0) is 52.0. The molecule has 6 aromatic carbocycles. The van der Waals surface area contributed by atoms with Gasteiger partial charge in [-0.25, -0.2) is 0 Å². The fourth-order valence-corrected chi connectivity index (χ4v) is 9.01. The molecule has 0 unspecified atom stereocenters. The van der Waals surface area contributed by atoms with Crippen LogP contribution in [-0.4, -0.2) is 11.4 Å². The third-order valence-electron chi connectivity index (χ3n) is 13.0. The minimum Gasteiger partial charge on any atom is -1.00 e. The number of aliphatic imine (C=N–C) groups is 2. The van der Waals surface area contributed by atoms with E-state index in [-0.39, 0.29) is 34.1 Å². The molecule has 0 heterocycles. The fourth-order valence-electron chi connectivity index (χ4n) is 9.01. The predicted octanol–water partition coefficient (Wildman–Crippen LogP) is 21.3. The Morgan fingerprint density at radius 2 is 0.528 bits per heavy atom. The zero-order valence-corrected chi connectivity index (χ0v) is 49.9. The fraction of sp³-hybridized carbons (Fsp3) is 0.406. The standard InChI is InChI=1S/2C32H41N2.2Cu.S2/c2*1-20(2)25-15-12-16-26(21(3)4)31(25)33-24(9)29-14-10-11-19-30(29)34-32-27(22(5)6)17-13-18-28(32)23(7)8;;;1-2/h2*10-23H,1-9H3;;;/q2*-1;2*+2;-2. The molecule has 0 fully saturated rings. The molecule has 4 nitrogen and oxygen atoms in total. The van der Waals surface area contributed by atoms with Crippen LogP contribution in [0.2, 0.25) is 0 Å². The summed E-state index contributed by atoms with van der Waals surface area (Å²) in [5, 5.41) is 10.6. The minimum atomic E-state index is 0. The second kappa shape index (κ2) is 30.4. The molecular formula is C64H82Cu2N4S2. The molecule has 0 aromatic heterocycles. The molecule has 6 aromatic rings. The van der Waals surface area contributed by atoms with Crippen molar-refractivity contribution in [2.75, 3.05) is 0 Å². The Bertz CT molecular complexity index is 2400. The number of benzene rings is 6. The van der Waals surface area contributed by atoms with Crippen LogP contribution in [-0.2, 0) is 57.5 Å². The van der Waals surface area contributed by atoms with E-state index < -0.39 is 0 Å². The van der Waals surface area contributed by atoms with E-state index in [4.69, 9.17) is 20.6 Å². The van der Waals surface area contributed by atoms with Crippen molar-refractivity contribution >= 4 is 68.9 Å². The number of rotatable bonds is 16. The van der Waals surface area contributed by atoms with Crippen LogP contribution in [0, 0.1) is 0 Å². The number of hydrogen-bond acceptors (Lipinski definition) is 4. The van der Waals surface area contributed by atoms with Crippen molar-refractivity contribution in [2.45, 2.75) is 172 Å². The summed E-state index contributed by atoms with van der Waals surface area (Å²) >= 11 is 7.33. The number of para-hydroxylation sites is 6. The summed E-state index contributed by atoms with van der Waals surface area (Å²) in [6, 6.07) is 43.2. The van der Waals surface area contributed by atoms with Crippen LogP contribution in [0.4, 0.5) is 34.1 Å². The van der Waals surface area contributed by atoms with Crippen molar-refractivity contribution in [3.63, 3.8) is 0 Å². The van der Waals surface area contributed by atoms with Crippen molar-refractivity contribution in [3.05, 3.63) is 188 Å². The van der Waals surface area contributed by atoms with E-state index in [1.165, 1.54) is 44.5 Å². The monoisotopic (exact) mass is 1100 g/mol. The molecule has 0 atom stereocenters. The van der Waals surface area contributed by atoms with Crippen molar-refractivity contribution in [2.24, 2.45) is 9.98 Å². The molecule has 6 rings (SSSR count). The Morgan fingerprint density at radius 1 is 0.319 bits per heavy atom. The third-order valence-corrected chi connectivity index (χ3v) is 13.0. The van der Waals surface area contributed by atoms with Crippen LogP contribution in [0.15, 0.2) is 131 Å². The van der Waals surface area contributed by atoms with Crippen molar-refractivity contribution < 1.29 is 34.1 Å². The summed E-state index contributed by atoms with van der Waals surface area (Å²) in [7, 11) is 0. The maximum absolute atomic E-state index is 5.28. The van der Waals surface area contributed by atoms with Gasteiger partial charge >= 0.3 is 34.1 Å². The number of nitrogens with zero attached hydrogens (tertiary/aromatic N) is 4. The summed E-state index contributed by atoms with van der Waals surface area (Å²) in [6.07, 6.45) is 0. The molecule has 2 radical (unpaired) electrons. The Labute approximate surface area is 469 Å². The van der Waals surface area contributed by atoms with Gasteiger partial charge in [0.05, 0.1) is 11.4 Å². The van der Waals surface area contributed by atoms with E-state index in [2.05, 4.69) is 269 Å². The molecule has 0 bridgehead atoms. The van der Waals surface area contributed by atoms with Crippen LogP contribution >= 0.6 is 0 Å². The molecule has 0 amide bonds. The van der Waals surface area contributed by atoms with Crippen molar-refractivity contribution in [1.82, 2.24) is 0 Å². The first kappa shape index (κ1) is 64.1. The first-order chi connectivity index (χ1) is 33.2. The molecule has 0 saturated carbocycles. The second-order valence-corrected chi connectivity index (χ2v) is 21.0. The van der Waals surface area contributed by atoms with E-state index >= 15 is 0 Å². The van der Waals surface area contributed by atoms with Crippen molar-refractivity contribution in [3.8, 4) is 0 Å². The normalized spacial score (nSPS) is 11.7. The summed E-state index contributed by atoms with van der Waals surface area (Å²) in [6.45, 7) is 40.1. The van der Waals surface area contributed by atoms with E-state index in [1.54, 1.807) is 0 Å². The quantitative estimate of drug-likeness (QED) is 0.0420. The summed E-state index contributed by atoms with van der Waals surface area (Å²) in [4.78, 5) is 10.5. The molecule has 392 valence electrons. The topological polar surface area (TPSA) is 52.9 Å². The zero-order valence-electron chi connectivity index (χ0n) is 46.4. The molecule has 0 aliphatic carbocycles. The maximum Gasteiger partial charge on any atom is 2.00 e. The van der Waals surface area contributed by atoms with E-state index in [9.17, 15) is 0 Å². The van der Waals surface area contributed by atoms with Crippen molar-refractivity contribution in [1.29, 1.82) is 0 Å². The van der Waals surface area contributed by atoms with E-state index in [0.29, 0.717) is 47.3 Å². The first-order valence-corrected chi connectivity index (χ1v) is 27.0. The van der Waals surface area contributed by atoms with Gasteiger partial charge in [0.1, 0.15) is 0 Å². The Morgan fingerprint density at radius 3 is 0.750 bits per heavy atom. The van der Waals surface area contributed by atoms with E-state index in [1.807, 2.05) is 0 Å². The van der Waals surface area contributed by atoms with Gasteiger partial charge in [-0.05, 0) is 94.6 Å². The van der Waals surface area contributed by atoms with Crippen LogP contribution in [0.5, 0.6) is 0 Å². The van der Waals surface area contributed by atoms with Gasteiger partial charge in [-0.2, -0.15) is 0 Å². The average molecular weight is 1100 g/mol. The second-order valence-electron chi connectivity index (χ2n) is 21.0. The Kier molecular flexibility index (Phi) is 27.1. The summed E-state index contributed by atoms with van der Waals surface area (Å²) < 4.78 is 0. The third kappa shape index (κ3) is 16.5.